The Bertz CT molecular complexity index is 808. The summed E-state index contributed by atoms with van der Waals surface area (Å²) in [6.45, 7) is 5.99. The van der Waals surface area contributed by atoms with Crippen molar-refractivity contribution in [2.24, 2.45) is 0 Å². The van der Waals surface area contributed by atoms with Crippen molar-refractivity contribution in [3.8, 4) is 5.75 Å². The largest absolute Gasteiger partial charge is 0.487 e. The van der Waals surface area contributed by atoms with Crippen molar-refractivity contribution in [3.63, 3.8) is 0 Å². The molecule has 0 radical (unpaired) electrons. The van der Waals surface area contributed by atoms with Gasteiger partial charge in [0, 0.05) is 5.56 Å². The van der Waals surface area contributed by atoms with E-state index in [1.165, 1.54) is 6.26 Å². The van der Waals surface area contributed by atoms with Crippen molar-refractivity contribution >= 4 is 17.6 Å². The number of rotatable bonds is 3. The molecule has 3 rings (SSSR count). The Hall–Kier alpha value is -2.76. The molecule has 2 aromatic rings. The summed E-state index contributed by atoms with van der Waals surface area (Å²) in [7, 11) is 0. The van der Waals surface area contributed by atoms with Gasteiger partial charge in [0.2, 0.25) is 0 Å². The SMILES string of the molecule is Cc1ccc2c(c1)OC(C)CN2C(=O)c1c(C)coc1CC(=O)O. The molecule has 0 fully saturated rings. The van der Waals surface area contributed by atoms with Crippen molar-refractivity contribution in [3.05, 3.63) is 46.9 Å². The Morgan fingerprint density at radius 3 is 2.79 bits per heavy atom. The molecule has 1 aliphatic heterocycles. The third-order valence-corrected chi connectivity index (χ3v) is 4.00. The molecule has 1 aromatic heterocycles. The van der Waals surface area contributed by atoms with Crippen LogP contribution in [0.2, 0.25) is 0 Å². The van der Waals surface area contributed by atoms with Crippen LogP contribution in [0.5, 0.6) is 5.75 Å². The minimum absolute atomic E-state index is 0.154. The quantitative estimate of drug-likeness (QED) is 0.936. The number of amides is 1. The minimum atomic E-state index is -1.04. The zero-order valence-corrected chi connectivity index (χ0v) is 13.8. The molecular formula is C18H19NO5. The smallest absolute Gasteiger partial charge is 0.311 e. The van der Waals surface area contributed by atoms with Gasteiger partial charge >= 0.3 is 5.97 Å². The second-order valence-corrected chi connectivity index (χ2v) is 6.10. The number of carboxylic acid groups (broad SMARTS) is 1. The summed E-state index contributed by atoms with van der Waals surface area (Å²) in [5, 5.41) is 9.02. The van der Waals surface area contributed by atoms with Crippen LogP contribution in [0.25, 0.3) is 0 Å². The Kier molecular flexibility index (Phi) is 4.05. The molecule has 0 saturated heterocycles. The van der Waals surface area contributed by atoms with Crippen LogP contribution in [0, 0.1) is 13.8 Å². The second kappa shape index (κ2) is 6.03. The number of carbonyl (C=O) groups excluding carboxylic acids is 1. The standard InChI is InChI=1S/C18H19NO5/c1-10-4-5-13-14(6-10)24-12(3)8-19(13)18(22)17-11(2)9-23-15(17)7-16(20)21/h4-6,9,12H,7-8H2,1-3H3,(H,20,21). The van der Waals surface area contributed by atoms with E-state index in [9.17, 15) is 9.59 Å². The third-order valence-electron chi connectivity index (χ3n) is 4.00. The van der Waals surface area contributed by atoms with Gasteiger partial charge in [-0.2, -0.15) is 0 Å². The molecule has 2 heterocycles. The maximum Gasteiger partial charge on any atom is 0.311 e. The Labute approximate surface area is 139 Å². The predicted octanol–water partition coefficient (Wildman–Crippen LogP) is 2.95. The highest BCUT2D eigenvalue weighted by molar-refractivity contribution is 6.09. The summed E-state index contributed by atoms with van der Waals surface area (Å²) >= 11 is 0. The number of hydrogen-bond donors (Lipinski definition) is 1. The van der Waals surface area contributed by atoms with E-state index in [0.29, 0.717) is 29.1 Å². The van der Waals surface area contributed by atoms with E-state index in [1.54, 1.807) is 11.8 Å². The lowest BCUT2D eigenvalue weighted by molar-refractivity contribution is -0.136. The van der Waals surface area contributed by atoms with Crippen LogP contribution >= 0.6 is 0 Å². The third kappa shape index (κ3) is 2.87. The van der Waals surface area contributed by atoms with Gasteiger partial charge in [-0.15, -0.1) is 0 Å². The van der Waals surface area contributed by atoms with Crippen molar-refractivity contribution in [2.75, 3.05) is 11.4 Å². The zero-order valence-electron chi connectivity index (χ0n) is 13.8. The van der Waals surface area contributed by atoms with Crippen molar-refractivity contribution in [1.29, 1.82) is 0 Å². The molecule has 0 spiro atoms. The molecule has 24 heavy (non-hydrogen) atoms. The molecule has 6 nitrogen and oxygen atoms in total. The van der Waals surface area contributed by atoms with Crippen molar-refractivity contribution < 1.29 is 23.8 Å². The number of hydrogen-bond acceptors (Lipinski definition) is 4. The summed E-state index contributed by atoms with van der Waals surface area (Å²) in [5.41, 5.74) is 2.67. The summed E-state index contributed by atoms with van der Waals surface area (Å²) in [4.78, 5) is 25.7. The lowest BCUT2D eigenvalue weighted by atomic mass is 10.1. The Balaban J connectivity index is 2.03. The van der Waals surface area contributed by atoms with Crippen molar-refractivity contribution in [2.45, 2.75) is 33.3 Å². The second-order valence-electron chi connectivity index (χ2n) is 6.10. The summed E-state index contributed by atoms with van der Waals surface area (Å²) in [6.07, 6.45) is 0.944. The molecule has 1 aromatic carbocycles. The fourth-order valence-electron chi connectivity index (χ4n) is 2.93. The van der Waals surface area contributed by atoms with Crippen LogP contribution in [-0.2, 0) is 11.2 Å². The van der Waals surface area contributed by atoms with Crippen LogP contribution in [0.1, 0.15) is 34.2 Å². The van der Waals surface area contributed by atoms with Gasteiger partial charge in [0.15, 0.2) is 0 Å². The fourth-order valence-corrected chi connectivity index (χ4v) is 2.93. The zero-order chi connectivity index (χ0) is 17.4. The highest BCUT2D eigenvalue weighted by Gasteiger charge is 2.32. The molecule has 0 bridgehead atoms. The first-order valence-electron chi connectivity index (χ1n) is 7.74. The molecule has 0 saturated carbocycles. The number of carboxylic acids is 1. The number of aryl methyl sites for hydroxylation is 2. The minimum Gasteiger partial charge on any atom is -0.487 e. The highest BCUT2D eigenvalue weighted by atomic mass is 16.5. The Morgan fingerprint density at radius 1 is 1.33 bits per heavy atom. The van der Waals surface area contributed by atoms with Gasteiger partial charge in [-0.05, 0) is 38.5 Å². The maximum absolute atomic E-state index is 13.1. The van der Waals surface area contributed by atoms with Gasteiger partial charge in [-0.3, -0.25) is 9.59 Å². The van der Waals surface area contributed by atoms with E-state index in [1.807, 2.05) is 32.0 Å². The summed E-state index contributed by atoms with van der Waals surface area (Å²) < 4.78 is 11.1. The van der Waals surface area contributed by atoms with Crippen LogP contribution in [0.4, 0.5) is 5.69 Å². The van der Waals surface area contributed by atoms with E-state index in [0.717, 1.165) is 5.56 Å². The molecule has 1 aliphatic rings. The first-order valence-corrected chi connectivity index (χ1v) is 7.74. The molecule has 1 unspecified atom stereocenters. The summed E-state index contributed by atoms with van der Waals surface area (Å²) in [6, 6.07) is 5.66. The van der Waals surface area contributed by atoms with Gasteiger partial charge < -0.3 is 19.2 Å². The molecular weight excluding hydrogens is 310 g/mol. The van der Waals surface area contributed by atoms with E-state index in [4.69, 9.17) is 14.3 Å². The molecule has 6 heteroatoms. The van der Waals surface area contributed by atoms with E-state index in [2.05, 4.69) is 0 Å². The van der Waals surface area contributed by atoms with Gasteiger partial charge in [-0.1, -0.05) is 6.07 Å². The molecule has 0 aliphatic carbocycles. The maximum atomic E-state index is 13.1. The Morgan fingerprint density at radius 2 is 2.08 bits per heavy atom. The predicted molar refractivity (Wildman–Crippen MR) is 87.7 cm³/mol. The van der Waals surface area contributed by atoms with Crippen LogP contribution < -0.4 is 9.64 Å². The number of fused-ring (bicyclic) bond motifs is 1. The number of ether oxygens (including phenoxy) is 1. The number of furan rings is 1. The van der Waals surface area contributed by atoms with Gasteiger partial charge in [-0.25, -0.2) is 0 Å². The van der Waals surface area contributed by atoms with E-state index >= 15 is 0 Å². The van der Waals surface area contributed by atoms with E-state index in [-0.39, 0.29) is 24.2 Å². The topological polar surface area (TPSA) is 80.0 Å². The van der Waals surface area contributed by atoms with E-state index < -0.39 is 5.97 Å². The first kappa shape index (κ1) is 16.1. The number of anilines is 1. The number of carbonyl (C=O) groups is 2. The van der Waals surface area contributed by atoms with Gasteiger partial charge in [0.05, 0.1) is 24.1 Å². The lowest BCUT2D eigenvalue weighted by Gasteiger charge is -2.33. The van der Waals surface area contributed by atoms with Crippen LogP contribution in [0.3, 0.4) is 0 Å². The normalized spacial score (nSPS) is 16.5. The number of nitrogens with zero attached hydrogens (tertiary/aromatic N) is 1. The fraction of sp³-hybridized carbons (Fsp3) is 0.333. The van der Waals surface area contributed by atoms with Gasteiger partial charge in [0.1, 0.15) is 24.0 Å². The highest BCUT2D eigenvalue weighted by Crippen LogP contribution is 2.36. The lowest BCUT2D eigenvalue weighted by Crippen LogP contribution is -2.42. The molecule has 126 valence electrons. The van der Waals surface area contributed by atoms with Gasteiger partial charge in [0.25, 0.3) is 5.91 Å². The molecule has 1 amide bonds. The number of benzene rings is 1. The van der Waals surface area contributed by atoms with Crippen LogP contribution in [-0.4, -0.2) is 29.6 Å². The average molecular weight is 329 g/mol. The monoisotopic (exact) mass is 329 g/mol. The summed E-state index contributed by atoms with van der Waals surface area (Å²) in [5.74, 6) is -0.469. The first-order chi connectivity index (χ1) is 11.4. The van der Waals surface area contributed by atoms with Crippen molar-refractivity contribution in [1.82, 2.24) is 0 Å². The number of aliphatic carboxylic acids is 1. The average Bonchev–Trinajstić information content (AvgIpc) is 2.85. The molecule has 1 N–H and O–H groups in total. The van der Waals surface area contributed by atoms with Crippen LogP contribution in [0.15, 0.2) is 28.9 Å². The molecule has 1 atom stereocenters.